The molecule has 0 aromatic heterocycles. The number of carboxylic acids is 1. The monoisotopic (exact) mass is 640 g/mol. The van der Waals surface area contributed by atoms with Crippen LogP contribution in [0.4, 0.5) is 0 Å². The van der Waals surface area contributed by atoms with Gasteiger partial charge in [-0.1, -0.05) is 84.6 Å². The quantitative estimate of drug-likeness (QED) is 0.0624. The highest BCUT2D eigenvalue weighted by Crippen LogP contribution is 2.34. The van der Waals surface area contributed by atoms with Crippen LogP contribution in [0.2, 0.25) is 0 Å². The van der Waals surface area contributed by atoms with E-state index in [2.05, 4.69) is 4.89 Å². The lowest BCUT2D eigenvalue weighted by Gasteiger charge is -2.13. The van der Waals surface area contributed by atoms with Gasteiger partial charge in [0, 0.05) is 15.4 Å². The van der Waals surface area contributed by atoms with Gasteiger partial charge < -0.3 is 14.6 Å². The average molecular weight is 641 g/mol. The summed E-state index contributed by atoms with van der Waals surface area (Å²) in [5.41, 5.74) is 4.13. The molecule has 0 aliphatic rings. The molecule has 0 atom stereocenters. The standard InChI is InChI=1S/C39H28O7S/c40-38(41)36-24-29(27-9-5-2-6-10-27)11-21-35(36)39(42)46-32-15-19-34(20-16-32)47-33-17-13-31(14-18-33)45-37-22-12-28(23-30(37)25-44-43)26-7-3-1-4-8-26/h1-24,43H,25H2,(H,40,41). The summed E-state index contributed by atoms with van der Waals surface area (Å²) in [4.78, 5) is 31.2. The van der Waals surface area contributed by atoms with E-state index in [0.29, 0.717) is 28.4 Å². The van der Waals surface area contributed by atoms with Gasteiger partial charge in [0.05, 0.1) is 11.1 Å². The molecule has 0 saturated carbocycles. The summed E-state index contributed by atoms with van der Waals surface area (Å²) in [6.45, 7) is -0.0174. The zero-order valence-electron chi connectivity index (χ0n) is 24.9. The Balaban J connectivity index is 1.09. The van der Waals surface area contributed by atoms with E-state index in [4.69, 9.17) is 14.7 Å². The predicted molar refractivity (Wildman–Crippen MR) is 180 cm³/mol. The van der Waals surface area contributed by atoms with E-state index >= 15 is 0 Å². The Morgan fingerprint density at radius 3 is 1.70 bits per heavy atom. The number of esters is 1. The zero-order valence-corrected chi connectivity index (χ0v) is 25.7. The average Bonchev–Trinajstić information content (AvgIpc) is 3.11. The van der Waals surface area contributed by atoms with Crippen LogP contribution < -0.4 is 9.47 Å². The maximum absolute atomic E-state index is 12.9. The first-order valence-corrected chi connectivity index (χ1v) is 15.4. The molecule has 0 fully saturated rings. The first kappa shape index (κ1) is 31.3. The summed E-state index contributed by atoms with van der Waals surface area (Å²) in [6.07, 6.45) is 0. The summed E-state index contributed by atoms with van der Waals surface area (Å²) < 4.78 is 11.6. The number of aromatic carboxylic acids is 1. The Kier molecular flexibility index (Phi) is 9.74. The third-order valence-corrected chi connectivity index (χ3v) is 8.30. The summed E-state index contributed by atoms with van der Waals surface area (Å²) >= 11 is 1.52. The van der Waals surface area contributed by atoms with Crippen molar-refractivity contribution >= 4 is 23.7 Å². The van der Waals surface area contributed by atoms with Crippen molar-refractivity contribution in [3.05, 3.63) is 162 Å². The molecule has 0 aliphatic carbocycles. The number of hydrogen-bond donors (Lipinski definition) is 2. The van der Waals surface area contributed by atoms with Crippen LogP contribution >= 0.6 is 11.8 Å². The lowest BCUT2D eigenvalue weighted by molar-refractivity contribution is -0.253. The smallest absolute Gasteiger partial charge is 0.344 e. The van der Waals surface area contributed by atoms with E-state index in [1.807, 2.05) is 115 Å². The lowest BCUT2D eigenvalue weighted by Crippen LogP contribution is -2.14. The van der Waals surface area contributed by atoms with Gasteiger partial charge in [0.1, 0.15) is 23.9 Å². The molecule has 8 heteroatoms. The first-order valence-electron chi connectivity index (χ1n) is 14.6. The molecule has 0 spiro atoms. The van der Waals surface area contributed by atoms with Crippen molar-refractivity contribution in [1.29, 1.82) is 0 Å². The van der Waals surface area contributed by atoms with Gasteiger partial charge in [-0.25, -0.2) is 14.5 Å². The zero-order chi connectivity index (χ0) is 32.6. The van der Waals surface area contributed by atoms with Crippen LogP contribution in [0.25, 0.3) is 22.3 Å². The van der Waals surface area contributed by atoms with Gasteiger partial charge in [-0.15, -0.1) is 0 Å². The van der Waals surface area contributed by atoms with Crippen molar-refractivity contribution < 1.29 is 34.3 Å². The molecule has 0 bridgehead atoms. The highest BCUT2D eigenvalue weighted by atomic mass is 32.2. The predicted octanol–water partition coefficient (Wildman–Crippen LogP) is 9.87. The van der Waals surface area contributed by atoms with Crippen molar-refractivity contribution in [3.8, 4) is 39.5 Å². The second-order valence-corrected chi connectivity index (χ2v) is 11.6. The Hall–Kier alpha value is -5.67. The van der Waals surface area contributed by atoms with E-state index in [1.54, 1.807) is 18.2 Å². The molecule has 0 saturated heterocycles. The Labute approximate surface area is 275 Å². The summed E-state index contributed by atoms with van der Waals surface area (Å²) in [5, 5.41) is 18.9. The van der Waals surface area contributed by atoms with Crippen molar-refractivity contribution in [2.75, 3.05) is 0 Å². The van der Waals surface area contributed by atoms with Crippen LogP contribution in [-0.4, -0.2) is 22.3 Å². The fraction of sp³-hybridized carbons (Fsp3) is 0.0256. The van der Waals surface area contributed by atoms with Gasteiger partial charge >= 0.3 is 11.9 Å². The van der Waals surface area contributed by atoms with Crippen LogP contribution in [0.5, 0.6) is 17.2 Å². The van der Waals surface area contributed by atoms with Crippen molar-refractivity contribution in [3.63, 3.8) is 0 Å². The summed E-state index contributed by atoms with van der Waals surface area (Å²) in [5.74, 6) is -0.458. The fourth-order valence-corrected chi connectivity index (χ4v) is 5.77. The van der Waals surface area contributed by atoms with E-state index in [1.165, 1.54) is 23.9 Å². The molecule has 47 heavy (non-hydrogen) atoms. The normalized spacial score (nSPS) is 10.7. The molecular formula is C39H28O7S. The number of carboxylic acid groups (broad SMARTS) is 1. The number of hydrogen-bond acceptors (Lipinski definition) is 7. The molecule has 0 heterocycles. The van der Waals surface area contributed by atoms with Gasteiger partial charge in [0.2, 0.25) is 0 Å². The molecule has 0 amide bonds. The highest BCUT2D eigenvalue weighted by Gasteiger charge is 2.20. The van der Waals surface area contributed by atoms with E-state index < -0.39 is 11.9 Å². The molecule has 6 aromatic carbocycles. The molecule has 2 N–H and O–H groups in total. The maximum Gasteiger partial charge on any atom is 0.344 e. The van der Waals surface area contributed by atoms with E-state index in [9.17, 15) is 14.7 Å². The second-order valence-electron chi connectivity index (χ2n) is 10.4. The third-order valence-electron chi connectivity index (χ3n) is 7.29. The Bertz CT molecular complexity index is 1990. The van der Waals surface area contributed by atoms with Crippen molar-refractivity contribution in [1.82, 2.24) is 0 Å². The highest BCUT2D eigenvalue weighted by molar-refractivity contribution is 7.99. The molecular weight excluding hydrogens is 612 g/mol. The number of carbonyl (C=O) groups is 2. The van der Waals surface area contributed by atoms with Gasteiger partial charge in [-0.3, -0.25) is 5.26 Å². The molecule has 232 valence electrons. The summed E-state index contributed by atoms with van der Waals surface area (Å²) in [7, 11) is 0. The minimum atomic E-state index is -1.21. The second kappa shape index (κ2) is 14.6. The number of ether oxygens (including phenoxy) is 2. The molecule has 7 nitrogen and oxygen atoms in total. The number of rotatable bonds is 11. The summed E-state index contributed by atoms with van der Waals surface area (Å²) in [6, 6.07) is 44.2. The maximum atomic E-state index is 12.9. The minimum Gasteiger partial charge on any atom is -0.478 e. The Morgan fingerprint density at radius 2 is 1.13 bits per heavy atom. The Morgan fingerprint density at radius 1 is 0.574 bits per heavy atom. The van der Waals surface area contributed by atoms with Gasteiger partial charge in [0.15, 0.2) is 0 Å². The van der Waals surface area contributed by atoms with Crippen LogP contribution in [-0.2, 0) is 11.5 Å². The largest absolute Gasteiger partial charge is 0.478 e. The van der Waals surface area contributed by atoms with E-state index in [-0.39, 0.29) is 17.7 Å². The molecule has 0 radical (unpaired) electrons. The molecule has 6 rings (SSSR count). The van der Waals surface area contributed by atoms with Crippen molar-refractivity contribution in [2.24, 2.45) is 0 Å². The van der Waals surface area contributed by atoms with Crippen LogP contribution in [0.1, 0.15) is 26.3 Å². The van der Waals surface area contributed by atoms with E-state index in [0.717, 1.165) is 26.5 Å². The SMILES string of the molecule is O=C(O)c1cc(-c2ccccc2)ccc1C(=O)Oc1ccc(Sc2ccc(Oc3ccc(-c4ccccc4)cc3COO)cc2)cc1. The number of carbonyl (C=O) groups excluding carboxylic acids is 1. The lowest BCUT2D eigenvalue weighted by atomic mass is 9.99. The third kappa shape index (κ3) is 7.77. The first-order chi connectivity index (χ1) is 23.0. The fourth-order valence-electron chi connectivity index (χ4n) is 4.96. The van der Waals surface area contributed by atoms with Crippen LogP contribution in [0.3, 0.4) is 0 Å². The van der Waals surface area contributed by atoms with Crippen LogP contribution in [0, 0.1) is 0 Å². The number of benzene rings is 6. The molecule has 6 aromatic rings. The minimum absolute atomic E-state index is 0.0174. The van der Waals surface area contributed by atoms with Crippen LogP contribution in [0.15, 0.2) is 155 Å². The molecule has 0 aliphatic heterocycles. The van der Waals surface area contributed by atoms with Gasteiger partial charge in [0.25, 0.3) is 0 Å². The van der Waals surface area contributed by atoms with Gasteiger partial charge in [-0.05, 0) is 95.1 Å². The van der Waals surface area contributed by atoms with Crippen molar-refractivity contribution in [2.45, 2.75) is 16.4 Å². The topological polar surface area (TPSA) is 102 Å². The molecule has 0 unspecified atom stereocenters. The van der Waals surface area contributed by atoms with Gasteiger partial charge in [-0.2, -0.15) is 0 Å².